The summed E-state index contributed by atoms with van der Waals surface area (Å²) < 4.78 is 7.36. The molecular weight excluding hydrogens is 350 g/mol. The van der Waals surface area contributed by atoms with E-state index >= 15 is 0 Å². The Morgan fingerprint density at radius 3 is 2.73 bits per heavy atom. The number of carbonyl (C=O) groups excluding carboxylic acids is 1. The lowest BCUT2D eigenvalue weighted by atomic mass is 10.1. The summed E-state index contributed by atoms with van der Waals surface area (Å²) >= 11 is 1.65. The minimum absolute atomic E-state index is 0.263. The van der Waals surface area contributed by atoms with E-state index in [0.29, 0.717) is 17.2 Å². The maximum absolute atomic E-state index is 12.7. The van der Waals surface area contributed by atoms with Crippen LogP contribution in [-0.2, 0) is 5.75 Å². The van der Waals surface area contributed by atoms with Gasteiger partial charge in [-0.15, -0.1) is 5.10 Å². The van der Waals surface area contributed by atoms with Crippen molar-refractivity contribution in [3.8, 4) is 5.69 Å². The highest BCUT2D eigenvalue weighted by Crippen LogP contribution is 2.29. The Morgan fingerprint density at radius 2 is 2.00 bits per heavy atom. The second kappa shape index (κ2) is 7.01. The van der Waals surface area contributed by atoms with E-state index in [0.717, 1.165) is 22.2 Å². The maximum Gasteiger partial charge on any atom is 0.291 e. The third-order valence-electron chi connectivity index (χ3n) is 3.93. The topological polar surface area (TPSA) is 85.8 Å². The van der Waals surface area contributed by atoms with Crippen molar-refractivity contribution in [2.24, 2.45) is 0 Å². The summed E-state index contributed by atoms with van der Waals surface area (Å²) in [7, 11) is 0. The molecule has 4 rings (SSSR count). The molecular formula is C18H15N5O2S. The fraction of sp³-hybridized carbons (Fsp3) is 0.111. The number of nitrogens with zero attached hydrogens (tertiary/aromatic N) is 4. The Balaban J connectivity index is 1.60. The lowest BCUT2D eigenvalue weighted by Crippen LogP contribution is -2.12. The minimum Gasteiger partial charge on any atom is -0.451 e. The molecule has 8 heteroatoms. The molecule has 0 aliphatic rings. The van der Waals surface area contributed by atoms with Gasteiger partial charge >= 0.3 is 0 Å². The summed E-state index contributed by atoms with van der Waals surface area (Å²) in [5.41, 5.74) is 3.11. The molecule has 130 valence electrons. The molecule has 7 nitrogen and oxygen atoms in total. The number of rotatable bonds is 5. The number of benzene rings is 2. The van der Waals surface area contributed by atoms with Gasteiger partial charge in [-0.25, -0.2) is 4.68 Å². The van der Waals surface area contributed by atoms with Gasteiger partial charge in [-0.1, -0.05) is 18.2 Å². The zero-order valence-electron chi connectivity index (χ0n) is 13.9. The van der Waals surface area contributed by atoms with Crippen molar-refractivity contribution >= 4 is 34.3 Å². The lowest BCUT2D eigenvalue weighted by Gasteiger charge is -2.06. The summed E-state index contributed by atoms with van der Waals surface area (Å²) in [5, 5.41) is 14.9. The van der Waals surface area contributed by atoms with Crippen LogP contribution in [0.2, 0.25) is 0 Å². The summed E-state index contributed by atoms with van der Waals surface area (Å²) in [4.78, 5) is 12.7. The van der Waals surface area contributed by atoms with Gasteiger partial charge in [0.15, 0.2) is 5.76 Å². The molecule has 1 amide bonds. The van der Waals surface area contributed by atoms with Crippen LogP contribution in [0.25, 0.3) is 16.7 Å². The Hall–Kier alpha value is -3.13. The normalized spacial score (nSPS) is 11.0. The largest absolute Gasteiger partial charge is 0.451 e. The zero-order chi connectivity index (χ0) is 17.9. The maximum atomic E-state index is 12.7. The van der Waals surface area contributed by atoms with Crippen LogP contribution >= 0.6 is 11.8 Å². The SMILES string of the molecule is CSCc1c(C(=O)Nc2ccc(-n3cnnn3)cc2)oc2ccccc12. The second-order valence-electron chi connectivity index (χ2n) is 5.59. The highest BCUT2D eigenvalue weighted by molar-refractivity contribution is 7.97. The third kappa shape index (κ3) is 3.06. The fourth-order valence-corrected chi connectivity index (χ4v) is 3.31. The average molecular weight is 365 g/mol. The van der Waals surface area contributed by atoms with E-state index in [4.69, 9.17) is 4.42 Å². The number of carbonyl (C=O) groups is 1. The first kappa shape index (κ1) is 16.3. The molecule has 2 aromatic heterocycles. The van der Waals surface area contributed by atoms with Crippen molar-refractivity contribution in [1.29, 1.82) is 0 Å². The molecule has 4 aromatic rings. The molecule has 1 N–H and O–H groups in total. The van der Waals surface area contributed by atoms with Gasteiger partial charge in [0.2, 0.25) is 0 Å². The van der Waals surface area contributed by atoms with Crippen LogP contribution in [-0.4, -0.2) is 32.4 Å². The number of anilines is 1. The Kier molecular flexibility index (Phi) is 4.40. The molecule has 0 saturated heterocycles. The van der Waals surface area contributed by atoms with Gasteiger partial charge in [-0.05, 0) is 47.0 Å². The first-order valence-corrected chi connectivity index (χ1v) is 9.30. The Morgan fingerprint density at radius 1 is 1.19 bits per heavy atom. The van der Waals surface area contributed by atoms with Crippen molar-refractivity contribution in [3.05, 3.63) is 66.2 Å². The van der Waals surface area contributed by atoms with Crippen molar-refractivity contribution in [1.82, 2.24) is 20.2 Å². The van der Waals surface area contributed by atoms with E-state index in [-0.39, 0.29) is 5.91 Å². The number of thioether (sulfide) groups is 1. The molecule has 0 saturated carbocycles. The number of aromatic nitrogens is 4. The molecule has 0 aliphatic heterocycles. The van der Waals surface area contributed by atoms with Gasteiger partial charge in [-0.2, -0.15) is 11.8 Å². The van der Waals surface area contributed by atoms with E-state index in [1.54, 1.807) is 28.6 Å². The summed E-state index contributed by atoms with van der Waals surface area (Å²) in [6, 6.07) is 14.9. The first-order chi connectivity index (χ1) is 12.8. The molecule has 2 aromatic carbocycles. The van der Waals surface area contributed by atoms with E-state index in [1.807, 2.05) is 42.7 Å². The van der Waals surface area contributed by atoms with Gasteiger partial charge in [0.1, 0.15) is 11.9 Å². The fourth-order valence-electron chi connectivity index (χ4n) is 2.73. The van der Waals surface area contributed by atoms with Gasteiger partial charge in [0.25, 0.3) is 5.91 Å². The van der Waals surface area contributed by atoms with Gasteiger partial charge in [-0.3, -0.25) is 4.79 Å². The molecule has 0 radical (unpaired) electrons. The van der Waals surface area contributed by atoms with Crippen LogP contribution in [0.1, 0.15) is 16.1 Å². The van der Waals surface area contributed by atoms with Gasteiger partial charge in [0.05, 0.1) is 5.69 Å². The molecule has 26 heavy (non-hydrogen) atoms. The van der Waals surface area contributed by atoms with E-state index in [1.165, 1.54) is 6.33 Å². The highest BCUT2D eigenvalue weighted by atomic mass is 32.2. The number of hydrogen-bond acceptors (Lipinski definition) is 6. The summed E-state index contributed by atoms with van der Waals surface area (Å²) in [6.07, 6.45) is 3.51. The molecule has 0 bridgehead atoms. The predicted octanol–water partition coefficient (Wildman–Crippen LogP) is 3.52. The van der Waals surface area contributed by atoms with Gasteiger partial charge < -0.3 is 9.73 Å². The average Bonchev–Trinajstić information content (AvgIpc) is 3.31. The van der Waals surface area contributed by atoms with Crippen LogP contribution in [0.15, 0.2) is 59.3 Å². The molecule has 0 aliphatic carbocycles. The molecule has 0 spiro atoms. The number of amides is 1. The van der Waals surface area contributed by atoms with Crippen molar-refractivity contribution in [2.45, 2.75) is 5.75 Å². The monoisotopic (exact) mass is 365 g/mol. The smallest absolute Gasteiger partial charge is 0.291 e. The molecule has 2 heterocycles. The summed E-state index contributed by atoms with van der Waals surface area (Å²) in [6.45, 7) is 0. The van der Waals surface area contributed by atoms with E-state index in [9.17, 15) is 4.79 Å². The second-order valence-corrected chi connectivity index (χ2v) is 6.46. The number of fused-ring (bicyclic) bond motifs is 1. The van der Waals surface area contributed by atoms with Crippen LogP contribution < -0.4 is 5.32 Å². The minimum atomic E-state index is -0.263. The standard InChI is InChI=1S/C18H15N5O2S/c1-26-10-15-14-4-2-3-5-16(14)25-17(15)18(24)20-12-6-8-13(9-7-12)23-11-19-21-22-23/h2-9,11H,10H2,1H3,(H,20,24). The van der Waals surface area contributed by atoms with Crippen LogP contribution in [0.5, 0.6) is 0 Å². The molecule has 0 unspecified atom stereocenters. The highest BCUT2D eigenvalue weighted by Gasteiger charge is 2.20. The lowest BCUT2D eigenvalue weighted by molar-refractivity contribution is 0.0998. The molecule has 0 fully saturated rings. The zero-order valence-corrected chi connectivity index (χ0v) is 14.7. The molecule has 0 atom stereocenters. The van der Waals surface area contributed by atoms with Crippen LogP contribution in [0.3, 0.4) is 0 Å². The third-order valence-corrected chi connectivity index (χ3v) is 4.51. The van der Waals surface area contributed by atoms with Crippen molar-refractivity contribution in [3.63, 3.8) is 0 Å². The van der Waals surface area contributed by atoms with Gasteiger partial charge in [0, 0.05) is 22.4 Å². The quantitative estimate of drug-likeness (QED) is 0.582. The number of para-hydroxylation sites is 1. The van der Waals surface area contributed by atoms with Crippen LogP contribution in [0, 0.1) is 0 Å². The van der Waals surface area contributed by atoms with Crippen LogP contribution in [0.4, 0.5) is 5.69 Å². The number of furan rings is 1. The van der Waals surface area contributed by atoms with E-state index in [2.05, 4.69) is 20.8 Å². The Bertz CT molecular complexity index is 1040. The van der Waals surface area contributed by atoms with Crippen molar-refractivity contribution < 1.29 is 9.21 Å². The first-order valence-electron chi connectivity index (χ1n) is 7.90. The van der Waals surface area contributed by atoms with Crippen molar-refractivity contribution in [2.75, 3.05) is 11.6 Å². The summed E-state index contributed by atoms with van der Waals surface area (Å²) in [5.74, 6) is 0.795. The number of hydrogen-bond donors (Lipinski definition) is 1. The predicted molar refractivity (Wildman–Crippen MR) is 101 cm³/mol. The van der Waals surface area contributed by atoms with E-state index < -0.39 is 0 Å². The number of tetrazole rings is 1. The Labute approximate surface area is 153 Å². The number of nitrogens with one attached hydrogen (secondary N) is 1.